The number of hydrogen-bond donors (Lipinski definition) is 0. The fraction of sp³-hybridized carbons (Fsp3) is 0.346. The van der Waals surface area contributed by atoms with Gasteiger partial charge >= 0.3 is 0 Å². The first-order valence-electron chi connectivity index (χ1n) is 10.2. The molecular formula is C26H30N2. The number of hydrogen-bond acceptors (Lipinski definition) is 1. The highest BCUT2D eigenvalue weighted by molar-refractivity contribution is 5.81. The highest BCUT2D eigenvalue weighted by atomic mass is 14.9. The zero-order chi connectivity index (χ0) is 19.9. The number of nitrogens with zero attached hydrogens (tertiary/aromatic N) is 2. The maximum atomic E-state index is 4.67. The van der Waals surface area contributed by atoms with E-state index in [0.29, 0.717) is 0 Å². The summed E-state index contributed by atoms with van der Waals surface area (Å²) < 4.78 is 2.40. The van der Waals surface area contributed by atoms with Gasteiger partial charge in [-0.3, -0.25) is 4.98 Å². The molecular weight excluding hydrogens is 340 g/mol. The molecule has 2 aromatic heterocycles. The predicted molar refractivity (Wildman–Crippen MR) is 120 cm³/mol. The number of fused-ring (bicyclic) bond motifs is 2. The van der Waals surface area contributed by atoms with E-state index in [4.69, 9.17) is 0 Å². The number of para-hydroxylation sites is 1. The number of aryl methyl sites for hydroxylation is 1. The van der Waals surface area contributed by atoms with Crippen LogP contribution in [0, 0.1) is 0 Å². The van der Waals surface area contributed by atoms with Crippen molar-refractivity contribution in [1.29, 1.82) is 0 Å². The van der Waals surface area contributed by atoms with E-state index in [1.807, 2.05) is 12.3 Å². The van der Waals surface area contributed by atoms with E-state index in [-0.39, 0.29) is 10.8 Å². The summed E-state index contributed by atoms with van der Waals surface area (Å²) in [6.45, 7) is 12.5. The molecule has 0 fully saturated rings. The first-order valence-corrected chi connectivity index (χ1v) is 10.2. The van der Waals surface area contributed by atoms with Crippen molar-refractivity contribution in [3.63, 3.8) is 0 Å². The summed E-state index contributed by atoms with van der Waals surface area (Å²) in [5.41, 5.74) is 5.32. The highest BCUT2D eigenvalue weighted by Gasteiger charge is 2.22. The average Bonchev–Trinajstić information content (AvgIpc) is 3.08. The molecule has 0 aliphatic heterocycles. The molecule has 0 amide bonds. The molecule has 0 saturated carbocycles. The standard InChI is InChI=1S/C26H30N2/c1-25(2,3)21-11-10-19-12-14-28(24(19)17-21)15-13-26(4,5)22-16-20-8-6-7-9-23(20)27-18-22/h6-12,14,16-18H,13,15H2,1-5H3. The van der Waals surface area contributed by atoms with E-state index in [1.165, 1.54) is 27.4 Å². The van der Waals surface area contributed by atoms with Gasteiger partial charge in [0.05, 0.1) is 5.52 Å². The lowest BCUT2D eigenvalue weighted by atomic mass is 9.82. The lowest BCUT2D eigenvalue weighted by molar-refractivity contribution is 0.441. The van der Waals surface area contributed by atoms with Crippen molar-refractivity contribution in [3.8, 4) is 0 Å². The first kappa shape index (κ1) is 18.7. The van der Waals surface area contributed by atoms with Crippen LogP contribution in [0.25, 0.3) is 21.8 Å². The van der Waals surface area contributed by atoms with Gasteiger partial charge in [0.2, 0.25) is 0 Å². The number of pyridine rings is 1. The van der Waals surface area contributed by atoms with Crippen LogP contribution in [0.15, 0.2) is 67.0 Å². The molecule has 0 bridgehead atoms. The largest absolute Gasteiger partial charge is 0.347 e. The summed E-state index contributed by atoms with van der Waals surface area (Å²) in [7, 11) is 0. The Morgan fingerprint density at radius 3 is 2.39 bits per heavy atom. The average molecular weight is 371 g/mol. The third kappa shape index (κ3) is 3.56. The normalized spacial score (nSPS) is 12.8. The molecule has 2 heterocycles. The van der Waals surface area contributed by atoms with Crippen molar-refractivity contribution in [3.05, 3.63) is 78.1 Å². The molecule has 2 aromatic carbocycles. The quantitative estimate of drug-likeness (QED) is 0.384. The van der Waals surface area contributed by atoms with Gasteiger partial charge in [0, 0.05) is 29.8 Å². The minimum absolute atomic E-state index is 0.0647. The van der Waals surface area contributed by atoms with Gasteiger partial charge in [-0.1, -0.05) is 65.0 Å². The molecule has 0 unspecified atom stereocenters. The summed E-state index contributed by atoms with van der Waals surface area (Å²) in [6.07, 6.45) is 5.34. The van der Waals surface area contributed by atoms with Gasteiger partial charge in [0.15, 0.2) is 0 Å². The minimum atomic E-state index is 0.0647. The molecule has 4 aromatic rings. The summed E-state index contributed by atoms with van der Waals surface area (Å²) in [4.78, 5) is 4.67. The Morgan fingerprint density at radius 1 is 0.821 bits per heavy atom. The van der Waals surface area contributed by atoms with E-state index < -0.39 is 0 Å². The molecule has 0 atom stereocenters. The van der Waals surface area contributed by atoms with Gasteiger partial charge < -0.3 is 4.57 Å². The molecule has 0 spiro atoms. The lowest BCUT2D eigenvalue weighted by Crippen LogP contribution is -2.20. The molecule has 0 saturated heterocycles. The van der Waals surface area contributed by atoms with Gasteiger partial charge in [-0.2, -0.15) is 0 Å². The second kappa shape index (κ2) is 6.77. The van der Waals surface area contributed by atoms with Crippen LogP contribution in [0.3, 0.4) is 0 Å². The zero-order valence-electron chi connectivity index (χ0n) is 17.7. The fourth-order valence-corrected chi connectivity index (χ4v) is 3.83. The van der Waals surface area contributed by atoms with Crippen LogP contribution < -0.4 is 0 Å². The Labute approximate surface area is 168 Å². The van der Waals surface area contributed by atoms with E-state index in [2.05, 4.69) is 98.9 Å². The molecule has 144 valence electrons. The van der Waals surface area contributed by atoms with E-state index in [9.17, 15) is 0 Å². The van der Waals surface area contributed by atoms with Crippen molar-refractivity contribution >= 4 is 21.8 Å². The SMILES string of the molecule is CC(C)(C)c1ccc2ccn(CCC(C)(C)c3cnc4ccccc4c3)c2c1. The van der Waals surface area contributed by atoms with Crippen molar-refractivity contribution in [2.45, 2.75) is 58.4 Å². The second-order valence-corrected chi connectivity index (χ2v) is 9.58. The Balaban J connectivity index is 1.60. The van der Waals surface area contributed by atoms with Crippen LogP contribution >= 0.6 is 0 Å². The zero-order valence-corrected chi connectivity index (χ0v) is 17.7. The number of benzene rings is 2. The summed E-state index contributed by atoms with van der Waals surface area (Å²) >= 11 is 0. The van der Waals surface area contributed by atoms with Gasteiger partial charge in [-0.25, -0.2) is 0 Å². The Hall–Kier alpha value is -2.61. The summed E-state index contributed by atoms with van der Waals surface area (Å²) in [5, 5.41) is 2.53. The van der Waals surface area contributed by atoms with Gasteiger partial charge in [0.1, 0.15) is 0 Å². The van der Waals surface area contributed by atoms with Crippen molar-refractivity contribution in [2.75, 3.05) is 0 Å². The molecule has 2 heteroatoms. The van der Waals surface area contributed by atoms with Crippen molar-refractivity contribution < 1.29 is 0 Å². The lowest BCUT2D eigenvalue weighted by Gasteiger charge is -2.26. The fourth-order valence-electron chi connectivity index (χ4n) is 3.83. The summed E-state index contributed by atoms with van der Waals surface area (Å²) in [6, 6.07) is 19.8. The van der Waals surface area contributed by atoms with Gasteiger partial charge in [-0.05, 0) is 58.0 Å². The molecule has 4 rings (SSSR count). The molecule has 0 aliphatic rings. The highest BCUT2D eigenvalue weighted by Crippen LogP contribution is 2.31. The Morgan fingerprint density at radius 2 is 1.61 bits per heavy atom. The predicted octanol–water partition coefficient (Wildman–Crippen LogP) is 6.85. The van der Waals surface area contributed by atoms with Crippen molar-refractivity contribution in [2.24, 2.45) is 0 Å². The minimum Gasteiger partial charge on any atom is -0.347 e. The Kier molecular flexibility index (Phi) is 4.53. The van der Waals surface area contributed by atoms with Crippen LogP contribution in [0.5, 0.6) is 0 Å². The van der Waals surface area contributed by atoms with Gasteiger partial charge in [0.25, 0.3) is 0 Å². The maximum Gasteiger partial charge on any atom is 0.0702 e. The van der Waals surface area contributed by atoms with Crippen LogP contribution in [0.4, 0.5) is 0 Å². The van der Waals surface area contributed by atoms with Crippen LogP contribution in [-0.2, 0) is 17.4 Å². The van der Waals surface area contributed by atoms with Gasteiger partial charge in [-0.15, -0.1) is 0 Å². The first-order chi connectivity index (χ1) is 13.2. The van der Waals surface area contributed by atoms with E-state index in [0.717, 1.165) is 18.5 Å². The van der Waals surface area contributed by atoms with E-state index in [1.54, 1.807) is 0 Å². The number of rotatable bonds is 4. The molecule has 2 nitrogen and oxygen atoms in total. The molecule has 0 N–H and O–H groups in total. The molecule has 0 aliphatic carbocycles. The third-order valence-corrected chi connectivity index (χ3v) is 5.99. The molecule has 0 radical (unpaired) electrons. The Bertz CT molecular complexity index is 1130. The smallest absolute Gasteiger partial charge is 0.0702 e. The monoisotopic (exact) mass is 370 g/mol. The van der Waals surface area contributed by atoms with E-state index >= 15 is 0 Å². The second-order valence-electron chi connectivity index (χ2n) is 9.58. The molecule has 28 heavy (non-hydrogen) atoms. The maximum absolute atomic E-state index is 4.67. The van der Waals surface area contributed by atoms with Crippen molar-refractivity contribution in [1.82, 2.24) is 9.55 Å². The third-order valence-electron chi connectivity index (χ3n) is 5.99. The van der Waals surface area contributed by atoms with Crippen LogP contribution in [0.2, 0.25) is 0 Å². The topological polar surface area (TPSA) is 17.8 Å². The van der Waals surface area contributed by atoms with Crippen LogP contribution in [0.1, 0.15) is 52.2 Å². The number of aromatic nitrogens is 2. The van der Waals surface area contributed by atoms with Crippen LogP contribution in [-0.4, -0.2) is 9.55 Å². The summed E-state index contributed by atoms with van der Waals surface area (Å²) in [5.74, 6) is 0.